The third-order valence-corrected chi connectivity index (χ3v) is 3.75. The molecule has 116 valence electrons. The monoisotopic (exact) mass is 317 g/mol. The molecule has 2 rings (SSSR count). The lowest BCUT2D eigenvalue weighted by Crippen LogP contribution is -2.20. The molecule has 3 nitrogen and oxygen atoms in total. The Morgan fingerprint density at radius 1 is 1.14 bits per heavy atom. The Morgan fingerprint density at radius 2 is 1.86 bits per heavy atom. The minimum atomic E-state index is -0.295. The molecule has 2 aromatic carbocycles. The summed E-state index contributed by atoms with van der Waals surface area (Å²) in [5.41, 5.74) is 2.96. The summed E-state index contributed by atoms with van der Waals surface area (Å²) in [6.07, 6.45) is 0.884. The lowest BCUT2D eigenvalue weighted by Gasteiger charge is -2.17. The Hall–Kier alpha value is -1.84. The van der Waals surface area contributed by atoms with Crippen LogP contribution in [0.15, 0.2) is 48.5 Å². The van der Waals surface area contributed by atoms with E-state index in [0.29, 0.717) is 5.56 Å². The smallest absolute Gasteiger partial charge is 0.337 e. The Kier molecular flexibility index (Phi) is 5.99. The van der Waals surface area contributed by atoms with Crippen molar-refractivity contribution in [1.29, 1.82) is 0 Å². The highest BCUT2D eigenvalue weighted by atomic mass is 35.5. The number of esters is 1. The molecule has 0 unspecified atom stereocenters. The van der Waals surface area contributed by atoms with Gasteiger partial charge in [-0.05, 0) is 48.9 Å². The normalized spacial score (nSPS) is 10.7. The zero-order chi connectivity index (χ0) is 15.9. The molecule has 0 saturated carbocycles. The third kappa shape index (κ3) is 4.86. The number of hydrogen-bond donors (Lipinski definition) is 0. The SMILES string of the molecule is COC(=O)c1cccc(CCN(C)Cc2ccc(Cl)cc2)c1. The number of likely N-dealkylation sites (N-methyl/N-ethyl adjacent to an activating group) is 1. The summed E-state index contributed by atoms with van der Waals surface area (Å²) in [4.78, 5) is 13.8. The van der Waals surface area contributed by atoms with E-state index in [9.17, 15) is 4.79 Å². The zero-order valence-corrected chi connectivity index (χ0v) is 13.6. The van der Waals surface area contributed by atoms with Gasteiger partial charge in [0.15, 0.2) is 0 Å². The molecular formula is C18H20ClNO2. The molecule has 0 aliphatic rings. The molecule has 4 heteroatoms. The van der Waals surface area contributed by atoms with Crippen molar-refractivity contribution in [3.05, 3.63) is 70.2 Å². The van der Waals surface area contributed by atoms with Crippen molar-refractivity contribution in [3.63, 3.8) is 0 Å². The molecule has 0 atom stereocenters. The van der Waals surface area contributed by atoms with Crippen LogP contribution in [-0.2, 0) is 17.7 Å². The van der Waals surface area contributed by atoms with E-state index in [1.807, 2.05) is 42.5 Å². The average molecular weight is 318 g/mol. The number of methoxy groups -OCH3 is 1. The molecule has 0 fully saturated rings. The number of carbonyl (C=O) groups excluding carboxylic acids is 1. The maximum absolute atomic E-state index is 11.5. The number of ether oxygens (including phenoxy) is 1. The Labute approximate surface area is 136 Å². The second-order valence-corrected chi connectivity index (χ2v) is 5.74. The molecule has 0 aliphatic heterocycles. The van der Waals surface area contributed by atoms with Gasteiger partial charge in [0.25, 0.3) is 0 Å². The summed E-state index contributed by atoms with van der Waals surface area (Å²) in [6, 6.07) is 15.5. The number of benzene rings is 2. The fourth-order valence-corrected chi connectivity index (χ4v) is 2.40. The van der Waals surface area contributed by atoms with Gasteiger partial charge in [0.1, 0.15) is 0 Å². The van der Waals surface area contributed by atoms with Crippen molar-refractivity contribution in [2.24, 2.45) is 0 Å². The van der Waals surface area contributed by atoms with Gasteiger partial charge < -0.3 is 9.64 Å². The van der Waals surface area contributed by atoms with Crippen molar-refractivity contribution >= 4 is 17.6 Å². The number of halogens is 1. The van der Waals surface area contributed by atoms with Crippen LogP contribution < -0.4 is 0 Å². The molecule has 0 radical (unpaired) electrons. The minimum absolute atomic E-state index is 0.295. The molecule has 2 aromatic rings. The fourth-order valence-electron chi connectivity index (χ4n) is 2.27. The van der Waals surface area contributed by atoms with Gasteiger partial charge in [-0.15, -0.1) is 0 Å². The third-order valence-electron chi connectivity index (χ3n) is 3.50. The van der Waals surface area contributed by atoms with Crippen LogP contribution >= 0.6 is 11.6 Å². The summed E-state index contributed by atoms with van der Waals surface area (Å²) < 4.78 is 4.75. The summed E-state index contributed by atoms with van der Waals surface area (Å²) in [6.45, 7) is 1.78. The van der Waals surface area contributed by atoms with Gasteiger partial charge in [0.2, 0.25) is 0 Å². The molecule has 0 aromatic heterocycles. The van der Waals surface area contributed by atoms with Crippen LogP contribution in [0, 0.1) is 0 Å². The van der Waals surface area contributed by atoms with E-state index in [1.165, 1.54) is 12.7 Å². The van der Waals surface area contributed by atoms with Crippen LogP contribution in [0.2, 0.25) is 5.02 Å². The van der Waals surface area contributed by atoms with Crippen LogP contribution in [0.3, 0.4) is 0 Å². The Morgan fingerprint density at radius 3 is 2.55 bits per heavy atom. The van der Waals surface area contributed by atoms with E-state index in [4.69, 9.17) is 16.3 Å². The molecular weight excluding hydrogens is 298 g/mol. The molecule has 0 amide bonds. The highest BCUT2D eigenvalue weighted by Gasteiger charge is 2.06. The van der Waals surface area contributed by atoms with Crippen molar-refractivity contribution in [2.45, 2.75) is 13.0 Å². The van der Waals surface area contributed by atoms with Gasteiger partial charge in [-0.2, -0.15) is 0 Å². The summed E-state index contributed by atoms with van der Waals surface area (Å²) >= 11 is 5.89. The predicted molar refractivity (Wildman–Crippen MR) is 89.3 cm³/mol. The summed E-state index contributed by atoms with van der Waals surface area (Å²) in [5.74, 6) is -0.295. The second-order valence-electron chi connectivity index (χ2n) is 5.31. The predicted octanol–water partition coefficient (Wildman–Crippen LogP) is 3.80. The summed E-state index contributed by atoms with van der Waals surface area (Å²) in [5, 5.41) is 0.756. The number of hydrogen-bond acceptors (Lipinski definition) is 3. The van der Waals surface area contributed by atoms with Crippen molar-refractivity contribution < 1.29 is 9.53 Å². The van der Waals surface area contributed by atoms with E-state index in [-0.39, 0.29) is 5.97 Å². The Bertz CT molecular complexity index is 625. The lowest BCUT2D eigenvalue weighted by atomic mass is 10.1. The largest absolute Gasteiger partial charge is 0.465 e. The van der Waals surface area contributed by atoms with Crippen molar-refractivity contribution in [2.75, 3.05) is 20.7 Å². The van der Waals surface area contributed by atoms with Crippen molar-refractivity contribution in [1.82, 2.24) is 4.90 Å². The maximum atomic E-state index is 11.5. The molecule has 0 spiro atoms. The highest BCUT2D eigenvalue weighted by Crippen LogP contribution is 2.12. The molecule has 0 saturated heterocycles. The van der Waals surface area contributed by atoms with Crippen LogP contribution in [-0.4, -0.2) is 31.6 Å². The van der Waals surface area contributed by atoms with Gasteiger partial charge >= 0.3 is 5.97 Å². The fraction of sp³-hybridized carbons (Fsp3) is 0.278. The first-order chi connectivity index (χ1) is 10.6. The first-order valence-corrected chi connectivity index (χ1v) is 7.56. The van der Waals surface area contributed by atoms with Gasteiger partial charge in [-0.1, -0.05) is 35.9 Å². The van der Waals surface area contributed by atoms with Gasteiger partial charge in [-0.3, -0.25) is 0 Å². The van der Waals surface area contributed by atoms with Gasteiger partial charge in [0, 0.05) is 18.1 Å². The topological polar surface area (TPSA) is 29.5 Å². The van der Waals surface area contributed by atoms with Crippen LogP contribution in [0.4, 0.5) is 0 Å². The Balaban J connectivity index is 1.89. The highest BCUT2D eigenvalue weighted by molar-refractivity contribution is 6.30. The molecule has 0 heterocycles. The van der Waals surface area contributed by atoms with Crippen LogP contribution in [0.25, 0.3) is 0 Å². The van der Waals surface area contributed by atoms with E-state index in [2.05, 4.69) is 11.9 Å². The second kappa shape index (κ2) is 7.97. The van der Waals surface area contributed by atoms with Crippen molar-refractivity contribution in [3.8, 4) is 0 Å². The number of nitrogens with zero attached hydrogens (tertiary/aromatic N) is 1. The van der Waals surface area contributed by atoms with Crippen LogP contribution in [0.1, 0.15) is 21.5 Å². The number of carbonyl (C=O) groups is 1. The molecule has 0 bridgehead atoms. The average Bonchev–Trinajstić information content (AvgIpc) is 2.54. The van der Waals surface area contributed by atoms with E-state index in [0.717, 1.165) is 30.1 Å². The zero-order valence-electron chi connectivity index (χ0n) is 12.9. The van der Waals surface area contributed by atoms with E-state index >= 15 is 0 Å². The number of rotatable bonds is 6. The quantitative estimate of drug-likeness (QED) is 0.759. The maximum Gasteiger partial charge on any atom is 0.337 e. The minimum Gasteiger partial charge on any atom is -0.465 e. The first-order valence-electron chi connectivity index (χ1n) is 7.18. The van der Waals surface area contributed by atoms with Gasteiger partial charge in [-0.25, -0.2) is 4.79 Å². The van der Waals surface area contributed by atoms with Crippen LogP contribution in [0.5, 0.6) is 0 Å². The van der Waals surface area contributed by atoms with Gasteiger partial charge in [0.05, 0.1) is 12.7 Å². The first kappa shape index (κ1) is 16.5. The lowest BCUT2D eigenvalue weighted by molar-refractivity contribution is 0.0600. The van der Waals surface area contributed by atoms with E-state index < -0.39 is 0 Å². The molecule has 0 N–H and O–H groups in total. The molecule has 22 heavy (non-hydrogen) atoms. The van der Waals surface area contributed by atoms with E-state index in [1.54, 1.807) is 6.07 Å². The standard InChI is InChI=1S/C18H20ClNO2/c1-20(13-15-6-8-17(19)9-7-15)11-10-14-4-3-5-16(12-14)18(21)22-2/h3-9,12H,10-11,13H2,1-2H3. The summed E-state index contributed by atoms with van der Waals surface area (Å²) in [7, 11) is 3.48. The molecule has 0 aliphatic carbocycles.